The van der Waals surface area contributed by atoms with Gasteiger partial charge in [-0.3, -0.25) is 4.79 Å². The van der Waals surface area contributed by atoms with Crippen molar-refractivity contribution < 1.29 is 14.7 Å². The zero-order valence-corrected chi connectivity index (χ0v) is 15.8. The van der Waals surface area contributed by atoms with Crippen LogP contribution in [0.25, 0.3) is 5.78 Å². The molecule has 1 amide bonds. The molecule has 0 fully saturated rings. The van der Waals surface area contributed by atoms with Crippen LogP contribution in [0.3, 0.4) is 0 Å². The van der Waals surface area contributed by atoms with Gasteiger partial charge in [0.1, 0.15) is 6.33 Å². The van der Waals surface area contributed by atoms with Crippen LogP contribution in [0, 0.1) is 13.8 Å². The first-order valence-electron chi connectivity index (χ1n) is 9.23. The number of hydrogen-bond acceptors (Lipinski definition) is 5. The largest absolute Gasteiger partial charge is 0.479 e. The molecule has 3 heterocycles. The van der Waals surface area contributed by atoms with Gasteiger partial charge in [0, 0.05) is 24.4 Å². The van der Waals surface area contributed by atoms with Gasteiger partial charge >= 0.3 is 5.97 Å². The second kappa shape index (κ2) is 7.03. The predicted octanol–water partition coefficient (Wildman–Crippen LogP) is 1.88. The summed E-state index contributed by atoms with van der Waals surface area (Å²) in [6.45, 7) is 4.22. The summed E-state index contributed by atoms with van der Waals surface area (Å²) in [5, 5.41) is 13.9. The lowest BCUT2D eigenvalue weighted by Crippen LogP contribution is -2.43. The molecular weight excluding hydrogens is 358 g/mol. The summed E-state index contributed by atoms with van der Waals surface area (Å²) in [5.74, 6) is -0.637. The number of carbonyl (C=O) groups is 2. The maximum absolute atomic E-state index is 12.9. The maximum atomic E-state index is 12.9. The van der Waals surface area contributed by atoms with Crippen LogP contribution in [0.2, 0.25) is 0 Å². The van der Waals surface area contributed by atoms with Gasteiger partial charge in [0.05, 0.1) is 0 Å². The van der Waals surface area contributed by atoms with Gasteiger partial charge in [-0.25, -0.2) is 14.3 Å². The Kier molecular flexibility index (Phi) is 4.54. The number of rotatable bonds is 4. The van der Waals surface area contributed by atoms with Crippen LogP contribution in [-0.2, 0) is 22.4 Å². The minimum absolute atomic E-state index is 0.167. The number of carboxylic acid groups (broad SMARTS) is 1. The van der Waals surface area contributed by atoms with E-state index in [0.29, 0.717) is 30.7 Å². The highest BCUT2D eigenvalue weighted by Gasteiger charge is 2.35. The van der Waals surface area contributed by atoms with Crippen LogP contribution in [0.1, 0.15) is 40.5 Å². The molecule has 0 saturated heterocycles. The Morgan fingerprint density at radius 2 is 2.04 bits per heavy atom. The summed E-state index contributed by atoms with van der Waals surface area (Å²) < 4.78 is 1.66. The molecule has 0 spiro atoms. The van der Waals surface area contributed by atoms with Crippen molar-refractivity contribution in [2.75, 3.05) is 6.54 Å². The van der Waals surface area contributed by atoms with E-state index in [1.807, 2.05) is 32.0 Å². The van der Waals surface area contributed by atoms with Crippen LogP contribution < -0.4 is 0 Å². The molecule has 28 heavy (non-hydrogen) atoms. The lowest BCUT2D eigenvalue weighted by Gasteiger charge is -2.35. The molecule has 8 nitrogen and oxygen atoms in total. The second-order valence-electron chi connectivity index (χ2n) is 7.01. The Labute approximate surface area is 161 Å². The van der Waals surface area contributed by atoms with Crippen molar-refractivity contribution in [1.82, 2.24) is 24.5 Å². The number of hydrogen-bond donors (Lipinski definition) is 1. The number of benzene rings is 1. The van der Waals surface area contributed by atoms with E-state index in [2.05, 4.69) is 15.1 Å². The van der Waals surface area contributed by atoms with Gasteiger partial charge in [-0.05, 0) is 43.4 Å². The van der Waals surface area contributed by atoms with Crippen LogP contribution in [-0.4, -0.2) is 48.0 Å². The first-order chi connectivity index (χ1) is 13.5. The monoisotopic (exact) mass is 379 g/mol. The lowest BCUT2D eigenvalue weighted by molar-refractivity contribution is -0.151. The normalized spacial score (nSPS) is 16.2. The molecule has 144 valence electrons. The standard InChI is InChI=1S/C20H21N5O3/c1-12-15(13(2)25-20(23-12)21-11-22-25)7-8-17(26)24-10-9-14-5-3-4-6-16(14)18(24)19(27)28/h3-6,11,18H,7-10H2,1-2H3,(H,27,28). The van der Waals surface area contributed by atoms with Crippen molar-refractivity contribution in [2.24, 2.45) is 0 Å². The molecule has 0 saturated carbocycles. The van der Waals surface area contributed by atoms with Gasteiger partial charge in [-0.2, -0.15) is 10.1 Å². The third-order valence-corrected chi connectivity index (χ3v) is 5.42. The molecule has 1 aliphatic heterocycles. The number of aromatic nitrogens is 4. The third-order valence-electron chi connectivity index (χ3n) is 5.42. The molecule has 1 N–H and O–H groups in total. The number of fused-ring (bicyclic) bond motifs is 2. The fourth-order valence-corrected chi connectivity index (χ4v) is 3.99. The Morgan fingerprint density at radius 3 is 2.82 bits per heavy atom. The molecule has 1 aliphatic rings. The highest BCUT2D eigenvalue weighted by Crippen LogP contribution is 2.30. The topological polar surface area (TPSA) is 101 Å². The van der Waals surface area contributed by atoms with E-state index in [9.17, 15) is 14.7 Å². The number of aliphatic carboxylic acids is 1. The Morgan fingerprint density at radius 1 is 1.25 bits per heavy atom. The minimum Gasteiger partial charge on any atom is -0.479 e. The molecule has 1 aromatic carbocycles. The molecule has 8 heteroatoms. The summed E-state index contributed by atoms with van der Waals surface area (Å²) in [4.78, 5) is 34.9. The summed E-state index contributed by atoms with van der Waals surface area (Å²) in [5.41, 5.74) is 4.34. The minimum atomic E-state index is -1.00. The number of carbonyl (C=O) groups excluding carboxylic acids is 1. The SMILES string of the molecule is Cc1nc2ncnn2c(C)c1CCC(=O)N1CCc2ccccc2C1C(=O)O. The van der Waals surface area contributed by atoms with Gasteiger partial charge in [0.2, 0.25) is 5.91 Å². The number of aryl methyl sites for hydroxylation is 2. The third kappa shape index (κ3) is 3.00. The zero-order valence-electron chi connectivity index (χ0n) is 15.8. The summed E-state index contributed by atoms with van der Waals surface area (Å²) in [6, 6.07) is 6.50. The van der Waals surface area contributed by atoms with Gasteiger partial charge in [0.25, 0.3) is 5.78 Å². The average molecular weight is 379 g/mol. The molecule has 4 rings (SSSR count). The second-order valence-corrected chi connectivity index (χ2v) is 7.01. The van der Waals surface area contributed by atoms with E-state index in [-0.39, 0.29) is 12.3 Å². The lowest BCUT2D eigenvalue weighted by atomic mass is 9.92. The van der Waals surface area contributed by atoms with Crippen molar-refractivity contribution in [1.29, 1.82) is 0 Å². The smallest absolute Gasteiger partial charge is 0.331 e. The number of carboxylic acids is 1. The molecular formula is C20H21N5O3. The van der Waals surface area contributed by atoms with Crippen LogP contribution in [0.5, 0.6) is 0 Å². The van der Waals surface area contributed by atoms with E-state index < -0.39 is 12.0 Å². The number of amides is 1. The van der Waals surface area contributed by atoms with Gasteiger partial charge in [-0.1, -0.05) is 24.3 Å². The number of nitrogens with zero attached hydrogens (tertiary/aromatic N) is 5. The van der Waals surface area contributed by atoms with Gasteiger partial charge in [0.15, 0.2) is 6.04 Å². The van der Waals surface area contributed by atoms with Crippen molar-refractivity contribution in [2.45, 2.75) is 39.2 Å². The zero-order chi connectivity index (χ0) is 19.8. The molecule has 0 bridgehead atoms. The summed E-state index contributed by atoms with van der Waals surface area (Å²) >= 11 is 0. The van der Waals surface area contributed by atoms with Crippen LogP contribution >= 0.6 is 0 Å². The molecule has 1 unspecified atom stereocenters. The van der Waals surface area contributed by atoms with Gasteiger partial charge < -0.3 is 10.0 Å². The fourth-order valence-electron chi connectivity index (χ4n) is 3.99. The van der Waals surface area contributed by atoms with Crippen molar-refractivity contribution in [3.05, 3.63) is 58.7 Å². The Bertz CT molecular complexity index is 1070. The molecule has 3 aromatic rings. The summed E-state index contributed by atoms with van der Waals surface area (Å²) in [7, 11) is 0. The average Bonchev–Trinajstić information content (AvgIpc) is 3.15. The van der Waals surface area contributed by atoms with E-state index in [1.165, 1.54) is 11.2 Å². The maximum Gasteiger partial charge on any atom is 0.331 e. The van der Waals surface area contributed by atoms with E-state index in [0.717, 1.165) is 22.5 Å². The predicted molar refractivity (Wildman–Crippen MR) is 101 cm³/mol. The summed E-state index contributed by atoms with van der Waals surface area (Å²) in [6.07, 6.45) is 2.81. The van der Waals surface area contributed by atoms with Crippen LogP contribution in [0.4, 0.5) is 0 Å². The van der Waals surface area contributed by atoms with Crippen molar-refractivity contribution >= 4 is 17.7 Å². The van der Waals surface area contributed by atoms with Crippen molar-refractivity contribution in [3.63, 3.8) is 0 Å². The van der Waals surface area contributed by atoms with Gasteiger partial charge in [-0.15, -0.1) is 0 Å². The Hall–Kier alpha value is -3.29. The first kappa shape index (κ1) is 18.1. The fraction of sp³-hybridized carbons (Fsp3) is 0.350. The van der Waals surface area contributed by atoms with Crippen LogP contribution in [0.15, 0.2) is 30.6 Å². The molecule has 0 radical (unpaired) electrons. The quantitative estimate of drug-likeness (QED) is 0.743. The Balaban J connectivity index is 1.57. The van der Waals surface area contributed by atoms with E-state index in [4.69, 9.17) is 0 Å². The highest BCUT2D eigenvalue weighted by molar-refractivity contribution is 5.85. The molecule has 0 aliphatic carbocycles. The highest BCUT2D eigenvalue weighted by atomic mass is 16.4. The molecule has 1 atom stereocenters. The van der Waals surface area contributed by atoms with E-state index >= 15 is 0 Å². The van der Waals surface area contributed by atoms with Crippen molar-refractivity contribution in [3.8, 4) is 0 Å². The van der Waals surface area contributed by atoms with E-state index in [1.54, 1.807) is 10.6 Å². The molecule has 2 aromatic heterocycles. The first-order valence-corrected chi connectivity index (χ1v) is 9.23.